The molecule has 0 aliphatic heterocycles. The van der Waals surface area contributed by atoms with Crippen LogP contribution in [0, 0.1) is 0 Å². The molecule has 8 nitrogen and oxygen atoms in total. The molecule has 0 atom stereocenters. The summed E-state index contributed by atoms with van der Waals surface area (Å²) in [6, 6.07) is 7.56. The zero-order valence-electron chi connectivity index (χ0n) is 13.6. The summed E-state index contributed by atoms with van der Waals surface area (Å²) in [6.45, 7) is 2.92. The van der Waals surface area contributed by atoms with Gasteiger partial charge in [0.1, 0.15) is 11.4 Å². The number of aliphatic hydroxyl groups excluding tert-OH is 1. The van der Waals surface area contributed by atoms with Crippen LogP contribution in [0.5, 0.6) is 11.5 Å². The summed E-state index contributed by atoms with van der Waals surface area (Å²) in [5.41, 5.74) is -1.52. The number of ether oxygens (including phenoxy) is 1. The monoisotopic (exact) mass is 333 g/mol. The molecule has 1 aromatic heterocycles. The molecule has 0 saturated heterocycles. The van der Waals surface area contributed by atoms with Crippen LogP contribution in [0.25, 0.3) is 5.69 Å². The van der Waals surface area contributed by atoms with Gasteiger partial charge in [-0.2, -0.15) is 9.78 Å². The van der Waals surface area contributed by atoms with Crippen LogP contribution in [-0.4, -0.2) is 45.2 Å². The lowest BCUT2D eigenvalue weighted by molar-refractivity contribution is 0.0859. The van der Waals surface area contributed by atoms with E-state index in [0.717, 1.165) is 10.7 Å². The van der Waals surface area contributed by atoms with Crippen molar-refractivity contribution < 1.29 is 19.7 Å². The second kappa shape index (κ2) is 6.71. The predicted octanol–water partition coefficient (Wildman–Crippen LogP) is 0.447. The smallest absolute Gasteiger partial charge is 0.276 e. The third-order valence-corrected chi connectivity index (χ3v) is 3.29. The van der Waals surface area contributed by atoms with Crippen LogP contribution in [-0.2, 0) is 0 Å². The van der Waals surface area contributed by atoms with Crippen molar-refractivity contribution in [3.05, 3.63) is 46.4 Å². The zero-order valence-corrected chi connectivity index (χ0v) is 13.6. The number of nitrogens with one attached hydrogen (secondary N) is 1. The molecule has 0 unspecified atom stereocenters. The number of amides is 1. The van der Waals surface area contributed by atoms with Gasteiger partial charge in [0.25, 0.3) is 11.5 Å². The van der Waals surface area contributed by atoms with E-state index in [1.807, 2.05) is 0 Å². The first-order valence-corrected chi connectivity index (χ1v) is 7.19. The quantitative estimate of drug-likeness (QED) is 0.732. The van der Waals surface area contributed by atoms with Gasteiger partial charge in [-0.1, -0.05) is 12.1 Å². The minimum Gasteiger partial charge on any atom is -0.505 e. The van der Waals surface area contributed by atoms with Crippen LogP contribution in [0.3, 0.4) is 0 Å². The van der Waals surface area contributed by atoms with Gasteiger partial charge in [-0.25, -0.2) is 0 Å². The SMILES string of the molecule is COc1ccccc1-n1nc(C(=O)NC(C)(C)CO)c(O)cc1=O. The molecule has 8 heteroatoms. The first kappa shape index (κ1) is 17.5. The molecule has 2 rings (SSSR count). The number of carbonyl (C=O) groups excluding carboxylic acids is 1. The minimum absolute atomic E-state index is 0.300. The van der Waals surface area contributed by atoms with Gasteiger partial charge in [0.05, 0.1) is 19.3 Å². The van der Waals surface area contributed by atoms with Crippen molar-refractivity contribution in [1.29, 1.82) is 0 Å². The first-order chi connectivity index (χ1) is 11.3. The lowest BCUT2D eigenvalue weighted by atomic mass is 10.1. The molecule has 0 aliphatic rings. The van der Waals surface area contributed by atoms with Crippen LogP contribution in [0.4, 0.5) is 0 Å². The Morgan fingerprint density at radius 1 is 1.38 bits per heavy atom. The number of benzene rings is 1. The average Bonchev–Trinajstić information content (AvgIpc) is 2.54. The summed E-state index contributed by atoms with van der Waals surface area (Å²) in [5.74, 6) is -0.868. The topological polar surface area (TPSA) is 114 Å². The lowest BCUT2D eigenvalue weighted by Gasteiger charge is -2.23. The second-order valence-electron chi connectivity index (χ2n) is 5.80. The van der Waals surface area contributed by atoms with E-state index in [0.29, 0.717) is 11.4 Å². The number of hydrogen-bond acceptors (Lipinski definition) is 6. The Morgan fingerprint density at radius 3 is 2.67 bits per heavy atom. The molecule has 0 spiro atoms. The van der Waals surface area contributed by atoms with Crippen LogP contribution in [0.15, 0.2) is 35.1 Å². The highest BCUT2D eigenvalue weighted by molar-refractivity contribution is 5.95. The Hall–Kier alpha value is -2.87. The van der Waals surface area contributed by atoms with Gasteiger partial charge in [-0.3, -0.25) is 9.59 Å². The molecule has 1 amide bonds. The minimum atomic E-state index is -0.906. The Kier molecular flexibility index (Phi) is 4.89. The fraction of sp³-hybridized carbons (Fsp3) is 0.312. The molecule has 0 radical (unpaired) electrons. The Bertz CT molecular complexity index is 814. The fourth-order valence-electron chi connectivity index (χ4n) is 1.99. The Labute approximate surface area is 138 Å². The number of hydrogen-bond donors (Lipinski definition) is 3. The van der Waals surface area contributed by atoms with E-state index in [2.05, 4.69) is 10.4 Å². The highest BCUT2D eigenvalue weighted by Crippen LogP contribution is 2.21. The summed E-state index contributed by atoms with van der Waals surface area (Å²) < 4.78 is 6.16. The molecule has 3 N–H and O–H groups in total. The molecule has 1 heterocycles. The van der Waals surface area contributed by atoms with Crippen LogP contribution in [0.2, 0.25) is 0 Å². The third kappa shape index (κ3) is 3.54. The molecule has 1 aromatic carbocycles. The van der Waals surface area contributed by atoms with Crippen molar-refractivity contribution in [3.63, 3.8) is 0 Å². The number of methoxy groups -OCH3 is 1. The number of aromatic hydroxyl groups is 1. The number of nitrogens with zero attached hydrogens (tertiary/aromatic N) is 2. The lowest BCUT2D eigenvalue weighted by Crippen LogP contribution is -2.46. The number of carbonyl (C=O) groups is 1. The van der Waals surface area contributed by atoms with Gasteiger partial charge in [-0.15, -0.1) is 0 Å². The molecule has 128 valence electrons. The van der Waals surface area contributed by atoms with E-state index in [-0.39, 0.29) is 12.3 Å². The van der Waals surface area contributed by atoms with Crippen molar-refractivity contribution in [3.8, 4) is 17.2 Å². The van der Waals surface area contributed by atoms with E-state index in [4.69, 9.17) is 4.74 Å². The molecule has 2 aromatic rings. The maximum atomic E-state index is 12.3. The zero-order chi connectivity index (χ0) is 17.9. The maximum Gasteiger partial charge on any atom is 0.276 e. The standard InChI is InChI=1S/C16H19N3O5/c1-16(2,9-20)17-15(23)14-11(21)8-13(22)19(18-14)10-6-4-5-7-12(10)24-3/h4-8,20-21H,9H2,1-3H3,(H,17,23). The molecular weight excluding hydrogens is 314 g/mol. The highest BCUT2D eigenvalue weighted by atomic mass is 16.5. The number of aromatic nitrogens is 2. The van der Waals surface area contributed by atoms with Gasteiger partial charge in [-0.05, 0) is 26.0 Å². The van der Waals surface area contributed by atoms with Gasteiger partial charge < -0.3 is 20.3 Å². The van der Waals surface area contributed by atoms with Crippen LogP contribution in [0.1, 0.15) is 24.3 Å². The summed E-state index contributed by atoms with van der Waals surface area (Å²) in [5, 5.41) is 25.6. The fourth-order valence-corrected chi connectivity index (χ4v) is 1.99. The summed E-state index contributed by atoms with van der Waals surface area (Å²) >= 11 is 0. The number of aliphatic hydroxyl groups is 1. The van der Waals surface area contributed by atoms with Crippen LogP contribution < -0.4 is 15.6 Å². The molecule has 0 bridgehead atoms. The van der Waals surface area contributed by atoms with Gasteiger partial charge in [0, 0.05) is 6.07 Å². The van der Waals surface area contributed by atoms with Crippen molar-refractivity contribution >= 4 is 5.91 Å². The second-order valence-corrected chi connectivity index (χ2v) is 5.80. The predicted molar refractivity (Wildman–Crippen MR) is 86.7 cm³/mol. The largest absolute Gasteiger partial charge is 0.505 e. The summed E-state index contributed by atoms with van der Waals surface area (Å²) in [6.07, 6.45) is 0. The van der Waals surface area contributed by atoms with E-state index in [1.165, 1.54) is 7.11 Å². The third-order valence-electron chi connectivity index (χ3n) is 3.29. The molecule has 0 aliphatic carbocycles. The molecule has 0 saturated carbocycles. The van der Waals surface area contributed by atoms with E-state index in [9.17, 15) is 19.8 Å². The normalized spacial score (nSPS) is 11.2. The highest BCUT2D eigenvalue weighted by Gasteiger charge is 2.24. The van der Waals surface area contributed by atoms with Crippen molar-refractivity contribution in [1.82, 2.24) is 15.1 Å². The molecule has 24 heavy (non-hydrogen) atoms. The molecule has 0 fully saturated rings. The number of rotatable bonds is 5. The molecular formula is C16H19N3O5. The Morgan fingerprint density at radius 2 is 2.04 bits per heavy atom. The van der Waals surface area contributed by atoms with E-state index in [1.54, 1.807) is 38.1 Å². The maximum absolute atomic E-state index is 12.3. The van der Waals surface area contributed by atoms with Crippen molar-refractivity contribution in [2.24, 2.45) is 0 Å². The Balaban J connectivity index is 2.53. The van der Waals surface area contributed by atoms with Crippen molar-refractivity contribution in [2.75, 3.05) is 13.7 Å². The van der Waals surface area contributed by atoms with Crippen molar-refractivity contribution in [2.45, 2.75) is 19.4 Å². The van der Waals surface area contributed by atoms with Crippen LogP contribution >= 0.6 is 0 Å². The van der Waals surface area contributed by atoms with E-state index < -0.39 is 22.8 Å². The summed E-state index contributed by atoms with van der Waals surface area (Å²) in [4.78, 5) is 24.4. The summed E-state index contributed by atoms with van der Waals surface area (Å²) in [7, 11) is 1.45. The van der Waals surface area contributed by atoms with E-state index >= 15 is 0 Å². The number of para-hydroxylation sites is 2. The van der Waals surface area contributed by atoms with Gasteiger partial charge >= 0.3 is 0 Å². The average molecular weight is 333 g/mol. The first-order valence-electron chi connectivity index (χ1n) is 7.19. The van der Waals surface area contributed by atoms with Gasteiger partial charge in [0.15, 0.2) is 11.4 Å². The van der Waals surface area contributed by atoms with Gasteiger partial charge in [0.2, 0.25) is 0 Å².